The number of pyridine rings is 1. The van der Waals surface area contributed by atoms with Crippen LogP contribution in [-0.4, -0.2) is 98.0 Å². The van der Waals surface area contributed by atoms with E-state index in [0.717, 1.165) is 86.8 Å². The summed E-state index contributed by atoms with van der Waals surface area (Å²) in [6, 6.07) is 10.2. The Morgan fingerprint density at radius 3 is 2.62 bits per heavy atom. The Kier molecular flexibility index (Phi) is 8.40. The van der Waals surface area contributed by atoms with Crippen LogP contribution in [0.3, 0.4) is 0 Å². The predicted octanol–water partition coefficient (Wildman–Crippen LogP) is 3.96. The number of H-pyrrole nitrogens is 1. The SMILES string of the molecule is COc1cncnc1-c1ccc2nc(Nc3cc(CN4CCN(SN5CCC(OC)CC5)CC4)ccn3)[nH]c2c1. The molecule has 2 saturated heterocycles. The Morgan fingerprint density at radius 1 is 1.00 bits per heavy atom. The molecule has 4 aromatic rings. The first-order chi connectivity index (χ1) is 19.7. The molecule has 12 heteroatoms. The van der Waals surface area contributed by atoms with Crippen LogP contribution in [0.25, 0.3) is 22.3 Å². The summed E-state index contributed by atoms with van der Waals surface area (Å²) in [6.45, 7) is 7.32. The molecule has 2 aliphatic heterocycles. The number of rotatable bonds is 9. The van der Waals surface area contributed by atoms with Crippen molar-refractivity contribution in [2.24, 2.45) is 0 Å². The normalized spacial score (nSPS) is 17.9. The van der Waals surface area contributed by atoms with Crippen LogP contribution in [0, 0.1) is 0 Å². The summed E-state index contributed by atoms with van der Waals surface area (Å²) in [6.07, 6.45) is 7.71. The highest BCUT2D eigenvalue weighted by Crippen LogP contribution is 2.29. The average molecular weight is 562 g/mol. The van der Waals surface area contributed by atoms with Crippen molar-refractivity contribution in [1.82, 2.24) is 38.4 Å². The lowest BCUT2D eigenvalue weighted by Crippen LogP contribution is -2.45. The maximum absolute atomic E-state index is 5.50. The van der Waals surface area contributed by atoms with E-state index in [1.165, 1.54) is 11.9 Å². The summed E-state index contributed by atoms with van der Waals surface area (Å²) in [5, 5.41) is 3.34. The molecule has 3 aromatic heterocycles. The zero-order valence-corrected chi connectivity index (χ0v) is 23.7. The van der Waals surface area contributed by atoms with E-state index in [4.69, 9.17) is 14.5 Å². The number of hydrogen-bond acceptors (Lipinski definition) is 11. The molecule has 0 spiro atoms. The molecule has 0 atom stereocenters. The van der Waals surface area contributed by atoms with Gasteiger partial charge < -0.3 is 19.8 Å². The van der Waals surface area contributed by atoms with Gasteiger partial charge in [0, 0.05) is 76.8 Å². The molecule has 0 aliphatic carbocycles. The fourth-order valence-electron chi connectivity index (χ4n) is 5.20. The van der Waals surface area contributed by atoms with E-state index < -0.39 is 0 Å². The van der Waals surface area contributed by atoms with Crippen LogP contribution >= 0.6 is 12.1 Å². The molecular formula is C28H35N9O2S. The molecule has 6 rings (SSSR count). The maximum Gasteiger partial charge on any atom is 0.206 e. The summed E-state index contributed by atoms with van der Waals surface area (Å²) in [7, 11) is 3.44. The zero-order valence-electron chi connectivity index (χ0n) is 22.9. The van der Waals surface area contributed by atoms with Crippen molar-refractivity contribution in [3.8, 4) is 17.0 Å². The van der Waals surface area contributed by atoms with E-state index in [2.05, 4.69) is 50.9 Å². The third-order valence-corrected chi connectivity index (χ3v) is 8.62. The first kappa shape index (κ1) is 26.9. The largest absolute Gasteiger partial charge is 0.493 e. The van der Waals surface area contributed by atoms with E-state index in [0.29, 0.717) is 17.8 Å². The van der Waals surface area contributed by atoms with Gasteiger partial charge in [-0.05, 0) is 42.7 Å². The number of imidazole rings is 1. The Balaban J connectivity index is 1.04. The van der Waals surface area contributed by atoms with E-state index in [-0.39, 0.29) is 0 Å². The van der Waals surface area contributed by atoms with E-state index in [9.17, 15) is 0 Å². The van der Waals surface area contributed by atoms with Gasteiger partial charge in [0.05, 0.1) is 30.4 Å². The van der Waals surface area contributed by atoms with Gasteiger partial charge in [-0.2, -0.15) is 0 Å². The molecule has 2 N–H and O–H groups in total. The summed E-state index contributed by atoms with van der Waals surface area (Å²) >= 11 is 1.91. The molecule has 40 heavy (non-hydrogen) atoms. The van der Waals surface area contributed by atoms with Gasteiger partial charge in [-0.3, -0.25) is 4.90 Å². The minimum atomic E-state index is 0.424. The third kappa shape index (κ3) is 6.37. The van der Waals surface area contributed by atoms with Gasteiger partial charge in [-0.1, -0.05) is 6.07 Å². The van der Waals surface area contributed by atoms with Gasteiger partial charge in [0.1, 0.15) is 17.8 Å². The van der Waals surface area contributed by atoms with Gasteiger partial charge in [-0.25, -0.2) is 28.5 Å². The molecule has 11 nitrogen and oxygen atoms in total. The number of fused-ring (bicyclic) bond motifs is 1. The fraction of sp³-hybridized carbons (Fsp3) is 0.429. The molecule has 210 valence electrons. The number of aromatic nitrogens is 5. The highest BCUT2D eigenvalue weighted by atomic mass is 32.2. The Bertz CT molecular complexity index is 1420. The standard InChI is InChI=1S/C28H35N9O2S/c1-38-22-6-9-36(10-7-22)40-37-13-11-35(12-14-37)18-20-5-8-30-26(15-20)34-28-32-23-4-3-21(16-24(23)33-28)27-25(39-2)17-29-19-31-27/h3-5,8,15-17,19,22H,6-7,9-14,18H2,1-2H3,(H2,30,32,33,34). The van der Waals surface area contributed by atoms with E-state index in [1.54, 1.807) is 13.3 Å². The summed E-state index contributed by atoms with van der Waals surface area (Å²) < 4.78 is 15.9. The predicted molar refractivity (Wildman–Crippen MR) is 157 cm³/mol. The molecule has 0 saturated carbocycles. The average Bonchev–Trinajstić information content (AvgIpc) is 3.40. The number of piperidine rings is 1. The molecule has 0 radical (unpaired) electrons. The molecular weight excluding hydrogens is 526 g/mol. The van der Waals surface area contributed by atoms with Gasteiger partial charge in [0.2, 0.25) is 5.95 Å². The fourth-order valence-corrected chi connectivity index (χ4v) is 6.23. The van der Waals surface area contributed by atoms with Gasteiger partial charge >= 0.3 is 0 Å². The molecule has 1 aromatic carbocycles. The van der Waals surface area contributed by atoms with Crippen LogP contribution in [0.15, 0.2) is 49.1 Å². The lowest BCUT2D eigenvalue weighted by molar-refractivity contribution is 0.0613. The number of nitrogens with zero attached hydrogens (tertiary/aromatic N) is 7. The van der Waals surface area contributed by atoms with Crippen LogP contribution in [0.5, 0.6) is 5.75 Å². The van der Waals surface area contributed by atoms with Crippen LogP contribution < -0.4 is 10.1 Å². The Hall–Kier alpha value is -3.29. The summed E-state index contributed by atoms with van der Waals surface area (Å²) in [5.74, 6) is 2.04. The van der Waals surface area contributed by atoms with Crippen molar-refractivity contribution in [2.45, 2.75) is 25.5 Å². The smallest absolute Gasteiger partial charge is 0.206 e. The van der Waals surface area contributed by atoms with Crippen molar-refractivity contribution in [3.63, 3.8) is 0 Å². The highest BCUT2D eigenvalue weighted by Gasteiger charge is 2.24. The molecule has 2 fully saturated rings. The topological polar surface area (TPSA) is 108 Å². The second-order valence-corrected chi connectivity index (χ2v) is 11.3. The molecule has 0 unspecified atom stereocenters. The number of aromatic amines is 1. The zero-order chi connectivity index (χ0) is 27.3. The van der Waals surface area contributed by atoms with Gasteiger partial charge in [0.15, 0.2) is 5.75 Å². The molecule has 0 amide bonds. The third-order valence-electron chi connectivity index (χ3n) is 7.43. The monoisotopic (exact) mass is 561 g/mol. The van der Waals surface area contributed by atoms with Crippen LogP contribution in [0.4, 0.5) is 11.8 Å². The Morgan fingerprint density at radius 2 is 1.82 bits per heavy atom. The van der Waals surface area contributed by atoms with Crippen molar-refractivity contribution >= 4 is 34.9 Å². The van der Waals surface area contributed by atoms with Crippen LogP contribution in [0.1, 0.15) is 18.4 Å². The van der Waals surface area contributed by atoms with Crippen molar-refractivity contribution < 1.29 is 9.47 Å². The molecule has 2 aliphatic rings. The number of nitrogens with one attached hydrogen (secondary N) is 2. The van der Waals surface area contributed by atoms with Crippen LogP contribution in [0.2, 0.25) is 0 Å². The second kappa shape index (κ2) is 12.5. The lowest BCUT2D eigenvalue weighted by atomic mass is 10.1. The van der Waals surface area contributed by atoms with Crippen molar-refractivity contribution in [1.29, 1.82) is 0 Å². The van der Waals surface area contributed by atoms with E-state index >= 15 is 0 Å². The minimum Gasteiger partial charge on any atom is -0.493 e. The number of benzene rings is 1. The van der Waals surface area contributed by atoms with Gasteiger partial charge in [-0.15, -0.1) is 0 Å². The first-order valence-corrected chi connectivity index (χ1v) is 14.4. The second-order valence-electron chi connectivity index (χ2n) is 10.1. The molecule has 5 heterocycles. The number of hydrogen-bond donors (Lipinski definition) is 2. The van der Waals surface area contributed by atoms with Crippen LogP contribution in [-0.2, 0) is 11.3 Å². The minimum absolute atomic E-state index is 0.424. The highest BCUT2D eigenvalue weighted by molar-refractivity contribution is 7.94. The number of ether oxygens (including phenoxy) is 2. The number of methoxy groups -OCH3 is 2. The van der Waals surface area contributed by atoms with Crippen molar-refractivity contribution in [3.05, 3.63) is 54.6 Å². The quantitative estimate of drug-likeness (QED) is 0.290. The number of anilines is 2. The lowest BCUT2D eigenvalue weighted by Gasteiger charge is -2.38. The first-order valence-electron chi connectivity index (χ1n) is 13.7. The molecule has 0 bridgehead atoms. The summed E-state index contributed by atoms with van der Waals surface area (Å²) in [5.41, 5.74) is 4.65. The van der Waals surface area contributed by atoms with E-state index in [1.807, 2.05) is 43.6 Å². The maximum atomic E-state index is 5.50. The van der Waals surface area contributed by atoms with Crippen molar-refractivity contribution in [2.75, 3.05) is 58.8 Å². The van der Waals surface area contributed by atoms with Gasteiger partial charge in [0.25, 0.3) is 0 Å². The Labute approximate surface area is 238 Å². The summed E-state index contributed by atoms with van der Waals surface area (Å²) in [4.78, 5) is 23.5. The number of piperazine rings is 1.